The summed E-state index contributed by atoms with van der Waals surface area (Å²) < 4.78 is 16.8. The van der Waals surface area contributed by atoms with Gasteiger partial charge in [0.1, 0.15) is 13.2 Å². The van der Waals surface area contributed by atoms with Gasteiger partial charge in [-0.1, -0.05) is 221 Å². The Morgan fingerprint density at radius 1 is 0.333 bits per heavy atom. The second kappa shape index (κ2) is 53.9. The number of carbonyl (C=O) groups excluding carboxylic acids is 3. The number of hydrogen-bond donors (Lipinski definition) is 0. The molecular weight excluding hydrogens is 817 g/mol. The molecule has 0 saturated carbocycles. The van der Waals surface area contributed by atoms with Crippen LogP contribution in [0.15, 0.2) is 97.2 Å². The van der Waals surface area contributed by atoms with Gasteiger partial charge in [0.15, 0.2) is 6.10 Å². The zero-order valence-electron chi connectivity index (χ0n) is 42.9. The molecule has 0 spiro atoms. The Balaban J connectivity index is 4.44. The molecule has 0 aliphatic heterocycles. The van der Waals surface area contributed by atoms with Crippen molar-refractivity contribution in [2.45, 2.75) is 252 Å². The van der Waals surface area contributed by atoms with Gasteiger partial charge in [-0.05, 0) is 103 Å². The monoisotopic (exact) mass is 917 g/mol. The minimum Gasteiger partial charge on any atom is -0.462 e. The van der Waals surface area contributed by atoms with E-state index in [2.05, 4.69) is 118 Å². The lowest BCUT2D eigenvalue weighted by molar-refractivity contribution is -0.167. The molecule has 0 amide bonds. The Labute approximate surface area is 407 Å². The highest BCUT2D eigenvalue weighted by Gasteiger charge is 2.19. The summed E-state index contributed by atoms with van der Waals surface area (Å²) in [5.74, 6) is -0.957. The maximum atomic E-state index is 12.8. The van der Waals surface area contributed by atoms with Gasteiger partial charge >= 0.3 is 17.9 Å². The number of ether oxygens (including phenoxy) is 3. The highest BCUT2D eigenvalue weighted by Crippen LogP contribution is 2.14. The van der Waals surface area contributed by atoms with Gasteiger partial charge in [-0.3, -0.25) is 14.4 Å². The molecule has 0 bridgehead atoms. The van der Waals surface area contributed by atoms with Crippen molar-refractivity contribution in [3.05, 3.63) is 97.2 Å². The SMILES string of the molecule is CC\C=C/C=C\C=C/CCCCCCCC(=O)OCC(COC(=O)CCCCCCCCC/C=C\CCCCCCCCCC)OC(=O)CCCCC/C=C\C/C=C\C/C=C\C/C=C\CC. The van der Waals surface area contributed by atoms with Crippen LogP contribution >= 0.6 is 0 Å². The molecule has 6 nitrogen and oxygen atoms in total. The van der Waals surface area contributed by atoms with Gasteiger partial charge in [0.2, 0.25) is 0 Å². The van der Waals surface area contributed by atoms with Crippen LogP contribution in [-0.4, -0.2) is 37.2 Å². The number of carbonyl (C=O) groups is 3. The Bertz CT molecular complexity index is 1330. The molecule has 0 aromatic rings. The van der Waals surface area contributed by atoms with Crippen molar-refractivity contribution in [1.29, 1.82) is 0 Å². The van der Waals surface area contributed by atoms with E-state index in [1.54, 1.807) is 0 Å². The molecule has 6 heteroatoms. The predicted octanol–water partition coefficient (Wildman–Crippen LogP) is 18.1. The number of rotatable bonds is 48. The molecule has 0 radical (unpaired) electrons. The first-order valence-electron chi connectivity index (χ1n) is 27.3. The van der Waals surface area contributed by atoms with Crippen LogP contribution in [0.4, 0.5) is 0 Å². The summed E-state index contributed by atoms with van der Waals surface area (Å²) >= 11 is 0. The molecule has 0 aliphatic rings. The predicted molar refractivity (Wildman–Crippen MR) is 284 cm³/mol. The second-order valence-electron chi connectivity index (χ2n) is 17.8. The van der Waals surface area contributed by atoms with Crippen molar-refractivity contribution in [3.63, 3.8) is 0 Å². The van der Waals surface area contributed by atoms with Crippen LogP contribution in [0.5, 0.6) is 0 Å². The quantitative estimate of drug-likeness (QED) is 0.0199. The van der Waals surface area contributed by atoms with Gasteiger partial charge in [-0.25, -0.2) is 0 Å². The zero-order valence-corrected chi connectivity index (χ0v) is 42.9. The summed E-state index contributed by atoms with van der Waals surface area (Å²) in [6.45, 7) is 6.34. The average molecular weight is 917 g/mol. The molecule has 0 aliphatic carbocycles. The smallest absolute Gasteiger partial charge is 0.306 e. The van der Waals surface area contributed by atoms with Crippen molar-refractivity contribution in [1.82, 2.24) is 0 Å². The van der Waals surface area contributed by atoms with Crippen LogP contribution in [-0.2, 0) is 28.6 Å². The van der Waals surface area contributed by atoms with Gasteiger partial charge in [-0.2, -0.15) is 0 Å². The third-order valence-electron chi connectivity index (χ3n) is 11.4. The van der Waals surface area contributed by atoms with Gasteiger partial charge in [0.05, 0.1) is 0 Å². The van der Waals surface area contributed by atoms with Crippen LogP contribution < -0.4 is 0 Å². The number of allylic oxidation sites excluding steroid dienone is 16. The Morgan fingerprint density at radius 2 is 0.667 bits per heavy atom. The van der Waals surface area contributed by atoms with Crippen LogP contribution in [0.25, 0.3) is 0 Å². The van der Waals surface area contributed by atoms with E-state index < -0.39 is 6.10 Å². The molecule has 0 N–H and O–H groups in total. The summed E-state index contributed by atoms with van der Waals surface area (Å²) in [5, 5.41) is 0. The summed E-state index contributed by atoms with van der Waals surface area (Å²) in [5.41, 5.74) is 0. The summed E-state index contributed by atoms with van der Waals surface area (Å²) in [7, 11) is 0. The first-order chi connectivity index (χ1) is 32.5. The highest BCUT2D eigenvalue weighted by molar-refractivity contribution is 5.71. The molecule has 66 heavy (non-hydrogen) atoms. The largest absolute Gasteiger partial charge is 0.462 e. The minimum atomic E-state index is -0.805. The molecule has 0 aromatic heterocycles. The fourth-order valence-corrected chi connectivity index (χ4v) is 7.31. The van der Waals surface area contributed by atoms with Crippen LogP contribution in [0.3, 0.4) is 0 Å². The second-order valence-corrected chi connectivity index (χ2v) is 17.8. The summed E-state index contributed by atoms with van der Waals surface area (Å²) in [4.78, 5) is 38.1. The minimum absolute atomic E-state index is 0.100. The van der Waals surface area contributed by atoms with E-state index in [0.717, 1.165) is 116 Å². The standard InChI is InChI=1S/C60H100O6/c1-4-7-10-13-16-19-22-25-27-29-30-31-33-35-38-41-44-47-50-53-59(62)65-56-57(55-64-58(61)52-49-46-43-40-37-34-24-21-18-15-12-9-6-3)66-60(63)54-51-48-45-42-39-36-32-28-26-23-20-17-14-11-8-5-2/h8-9,11-12,15,17-18,20-21,24,26,28-30,36,39,57H,4-7,10,13-14,16,19,22-23,25,27,31-35,37-38,40-56H2,1-3H3/b11-8-,12-9-,18-15-,20-17-,24-21-,28-26-,30-29-,39-36-. The maximum absolute atomic E-state index is 12.8. The highest BCUT2D eigenvalue weighted by atomic mass is 16.6. The fourth-order valence-electron chi connectivity index (χ4n) is 7.31. The van der Waals surface area contributed by atoms with Crippen molar-refractivity contribution in [2.24, 2.45) is 0 Å². The molecular formula is C60H100O6. The molecule has 0 aromatic carbocycles. The molecule has 0 saturated heterocycles. The van der Waals surface area contributed by atoms with E-state index in [1.165, 1.54) is 89.9 Å². The maximum Gasteiger partial charge on any atom is 0.306 e. The lowest BCUT2D eigenvalue weighted by atomic mass is 10.1. The number of hydrogen-bond acceptors (Lipinski definition) is 6. The van der Waals surface area contributed by atoms with Gasteiger partial charge in [-0.15, -0.1) is 0 Å². The Kier molecular flexibility index (Phi) is 50.9. The summed E-state index contributed by atoms with van der Waals surface area (Å²) in [6, 6.07) is 0. The van der Waals surface area contributed by atoms with E-state index >= 15 is 0 Å². The first kappa shape index (κ1) is 62.3. The number of esters is 3. The van der Waals surface area contributed by atoms with Gasteiger partial charge in [0.25, 0.3) is 0 Å². The van der Waals surface area contributed by atoms with E-state index in [4.69, 9.17) is 14.2 Å². The van der Waals surface area contributed by atoms with Crippen molar-refractivity contribution < 1.29 is 28.6 Å². The lowest BCUT2D eigenvalue weighted by Gasteiger charge is -2.18. The van der Waals surface area contributed by atoms with E-state index in [0.29, 0.717) is 12.8 Å². The number of unbranched alkanes of at least 4 members (excludes halogenated alkanes) is 23. The van der Waals surface area contributed by atoms with E-state index in [-0.39, 0.29) is 37.5 Å². The summed E-state index contributed by atoms with van der Waals surface area (Å²) in [6.07, 6.45) is 71.1. The molecule has 1 unspecified atom stereocenters. The lowest BCUT2D eigenvalue weighted by Crippen LogP contribution is -2.30. The van der Waals surface area contributed by atoms with E-state index in [9.17, 15) is 14.4 Å². The molecule has 376 valence electrons. The zero-order chi connectivity index (χ0) is 47.9. The Morgan fingerprint density at radius 3 is 1.12 bits per heavy atom. The van der Waals surface area contributed by atoms with Gasteiger partial charge in [0, 0.05) is 19.3 Å². The third kappa shape index (κ3) is 51.3. The van der Waals surface area contributed by atoms with Crippen LogP contribution in [0, 0.1) is 0 Å². The topological polar surface area (TPSA) is 78.9 Å². The fraction of sp³-hybridized carbons (Fsp3) is 0.683. The first-order valence-corrected chi connectivity index (χ1v) is 27.3. The Hall–Kier alpha value is -3.67. The van der Waals surface area contributed by atoms with Crippen LogP contribution in [0.2, 0.25) is 0 Å². The molecule has 0 rings (SSSR count). The molecule has 1 atom stereocenters. The average Bonchev–Trinajstić information content (AvgIpc) is 3.31. The molecule has 0 heterocycles. The molecule has 0 fully saturated rings. The van der Waals surface area contributed by atoms with Gasteiger partial charge < -0.3 is 14.2 Å². The van der Waals surface area contributed by atoms with Crippen molar-refractivity contribution >= 4 is 17.9 Å². The van der Waals surface area contributed by atoms with E-state index in [1.807, 2.05) is 0 Å². The van der Waals surface area contributed by atoms with Crippen molar-refractivity contribution in [3.8, 4) is 0 Å². The van der Waals surface area contributed by atoms with Crippen LogP contribution in [0.1, 0.15) is 245 Å². The third-order valence-corrected chi connectivity index (χ3v) is 11.4. The van der Waals surface area contributed by atoms with Crippen molar-refractivity contribution in [2.75, 3.05) is 13.2 Å². The normalized spacial score (nSPS) is 12.8.